The van der Waals surface area contributed by atoms with Crippen LogP contribution in [0.2, 0.25) is 0 Å². The minimum absolute atomic E-state index is 0.260. The Labute approximate surface area is 148 Å². The van der Waals surface area contributed by atoms with E-state index in [2.05, 4.69) is 22.2 Å². The van der Waals surface area contributed by atoms with Crippen LogP contribution in [-0.4, -0.2) is 43.3 Å². The maximum absolute atomic E-state index is 14.2. The zero-order chi connectivity index (χ0) is 17.6. The monoisotopic (exact) mass is 344 g/mol. The Morgan fingerprint density at radius 2 is 2.16 bits per heavy atom. The maximum Gasteiger partial charge on any atom is 0.147 e. The predicted molar refractivity (Wildman–Crippen MR) is 97.1 cm³/mol. The second-order valence-electron chi connectivity index (χ2n) is 6.45. The first-order valence-corrected chi connectivity index (χ1v) is 8.72. The molecule has 134 valence electrons. The normalized spacial score (nSPS) is 18.0. The number of nitrogens with one attached hydrogen (secondary N) is 1. The average molecular weight is 344 g/mol. The van der Waals surface area contributed by atoms with E-state index in [9.17, 15) is 4.39 Å². The van der Waals surface area contributed by atoms with Gasteiger partial charge in [-0.15, -0.1) is 0 Å². The van der Waals surface area contributed by atoms with Gasteiger partial charge in [-0.25, -0.2) is 9.37 Å². The molecule has 3 rings (SSSR count). The molecule has 6 heteroatoms. The number of nitrogens with zero attached hydrogens (tertiary/aromatic N) is 3. The van der Waals surface area contributed by atoms with Crippen molar-refractivity contribution in [3.05, 3.63) is 42.0 Å². The Morgan fingerprint density at radius 3 is 2.96 bits per heavy atom. The number of ether oxygens (including phenoxy) is 1. The first-order chi connectivity index (χ1) is 12.2. The standard InChI is InChI=1S/C19H25FN4O/c1-24(16-4-3-8-21-9-7-16)19-12-22-11-18(23-19)14-5-6-15(13-25-2)17(20)10-14/h5-6,10-12,16,21H,3-4,7-9,13H2,1-2H3. The number of anilines is 1. The van der Waals surface area contributed by atoms with Gasteiger partial charge in [0.1, 0.15) is 11.6 Å². The van der Waals surface area contributed by atoms with Crippen molar-refractivity contribution in [1.29, 1.82) is 0 Å². The highest BCUT2D eigenvalue weighted by Gasteiger charge is 2.18. The van der Waals surface area contributed by atoms with Crippen LogP contribution in [0.25, 0.3) is 11.3 Å². The van der Waals surface area contributed by atoms with Gasteiger partial charge in [-0.3, -0.25) is 4.98 Å². The molecule has 1 fully saturated rings. The number of benzene rings is 1. The van der Waals surface area contributed by atoms with Crippen molar-refractivity contribution >= 4 is 5.82 Å². The summed E-state index contributed by atoms with van der Waals surface area (Å²) in [5.74, 6) is 0.542. The molecule has 1 saturated heterocycles. The van der Waals surface area contributed by atoms with Gasteiger partial charge in [0.25, 0.3) is 0 Å². The molecular formula is C19H25FN4O. The summed E-state index contributed by atoms with van der Waals surface area (Å²) >= 11 is 0. The summed E-state index contributed by atoms with van der Waals surface area (Å²) in [5, 5.41) is 3.43. The Morgan fingerprint density at radius 1 is 1.28 bits per heavy atom. The third-order valence-electron chi connectivity index (χ3n) is 4.72. The molecule has 1 aromatic carbocycles. The highest BCUT2D eigenvalue weighted by atomic mass is 19.1. The van der Waals surface area contributed by atoms with Crippen LogP contribution in [0.4, 0.5) is 10.2 Å². The highest BCUT2D eigenvalue weighted by Crippen LogP contribution is 2.24. The van der Waals surface area contributed by atoms with E-state index >= 15 is 0 Å². The van der Waals surface area contributed by atoms with Crippen LogP contribution >= 0.6 is 0 Å². The van der Waals surface area contributed by atoms with Gasteiger partial charge in [-0.2, -0.15) is 0 Å². The first kappa shape index (κ1) is 17.8. The molecule has 0 bridgehead atoms. The average Bonchev–Trinajstić information content (AvgIpc) is 2.92. The minimum atomic E-state index is -0.283. The molecule has 0 aliphatic carbocycles. The van der Waals surface area contributed by atoms with E-state index in [0.29, 0.717) is 17.3 Å². The van der Waals surface area contributed by atoms with Crippen molar-refractivity contribution in [3.63, 3.8) is 0 Å². The molecule has 5 nitrogen and oxygen atoms in total. The van der Waals surface area contributed by atoms with Crippen LogP contribution in [-0.2, 0) is 11.3 Å². The summed E-state index contributed by atoms with van der Waals surface area (Å²) in [4.78, 5) is 11.2. The lowest BCUT2D eigenvalue weighted by Crippen LogP contribution is -2.33. The van der Waals surface area contributed by atoms with Crippen molar-refractivity contribution in [2.24, 2.45) is 0 Å². The second kappa shape index (κ2) is 8.36. The van der Waals surface area contributed by atoms with E-state index in [-0.39, 0.29) is 12.4 Å². The Hall–Kier alpha value is -2.05. The molecule has 1 aliphatic rings. The third kappa shape index (κ3) is 4.32. The summed E-state index contributed by atoms with van der Waals surface area (Å²) in [5.41, 5.74) is 1.94. The predicted octanol–water partition coefficient (Wildman–Crippen LogP) is 3.01. The number of halogens is 1. The van der Waals surface area contributed by atoms with Crippen molar-refractivity contribution < 1.29 is 9.13 Å². The number of hydrogen-bond acceptors (Lipinski definition) is 5. The SMILES string of the molecule is COCc1ccc(-c2cncc(N(C)C3CCCNCC3)n2)cc1F. The van der Waals surface area contributed by atoms with Gasteiger partial charge in [-0.1, -0.05) is 12.1 Å². The van der Waals surface area contributed by atoms with Crippen LogP contribution in [0.3, 0.4) is 0 Å². The van der Waals surface area contributed by atoms with Gasteiger partial charge in [-0.05, 0) is 38.4 Å². The lowest BCUT2D eigenvalue weighted by atomic mass is 10.1. The minimum Gasteiger partial charge on any atom is -0.380 e. The summed E-state index contributed by atoms with van der Waals surface area (Å²) in [6, 6.07) is 5.54. The quantitative estimate of drug-likeness (QED) is 0.904. The lowest BCUT2D eigenvalue weighted by molar-refractivity contribution is 0.181. The fourth-order valence-electron chi connectivity index (χ4n) is 3.22. The topological polar surface area (TPSA) is 50.3 Å². The number of aromatic nitrogens is 2. The summed E-state index contributed by atoms with van der Waals surface area (Å²) < 4.78 is 19.2. The fourth-order valence-corrected chi connectivity index (χ4v) is 3.22. The van der Waals surface area contributed by atoms with E-state index < -0.39 is 0 Å². The van der Waals surface area contributed by atoms with Gasteiger partial charge in [0.05, 0.1) is 24.7 Å². The van der Waals surface area contributed by atoms with Gasteiger partial charge >= 0.3 is 0 Å². The maximum atomic E-state index is 14.2. The molecular weight excluding hydrogens is 319 g/mol. The van der Waals surface area contributed by atoms with Crippen LogP contribution in [0.5, 0.6) is 0 Å². The van der Waals surface area contributed by atoms with Gasteiger partial charge in [0, 0.05) is 31.3 Å². The second-order valence-corrected chi connectivity index (χ2v) is 6.45. The van der Waals surface area contributed by atoms with E-state index in [1.54, 1.807) is 25.6 Å². The van der Waals surface area contributed by atoms with E-state index in [0.717, 1.165) is 43.7 Å². The summed E-state index contributed by atoms with van der Waals surface area (Å²) in [6.07, 6.45) is 6.83. The first-order valence-electron chi connectivity index (χ1n) is 8.72. The van der Waals surface area contributed by atoms with Crippen LogP contribution < -0.4 is 10.2 Å². The highest BCUT2D eigenvalue weighted by molar-refractivity contribution is 5.60. The molecule has 2 heterocycles. The van der Waals surface area contributed by atoms with Crippen LogP contribution in [0.1, 0.15) is 24.8 Å². The molecule has 0 amide bonds. The van der Waals surface area contributed by atoms with Crippen molar-refractivity contribution in [1.82, 2.24) is 15.3 Å². The van der Waals surface area contributed by atoms with Gasteiger partial charge < -0.3 is 15.0 Å². The zero-order valence-corrected chi connectivity index (χ0v) is 14.8. The Kier molecular flexibility index (Phi) is 5.94. The van der Waals surface area contributed by atoms with Crippen molar-refractivity contribution in [2.45, 2.75) is 31.9 Å². The van der Waals surface area contributed by atoms with Crippen LogP contribution in [0, 0.1) is 5.82 Å². The summed E-state index contributed by atoms with van der Waals surface area (Å²) in [7, 11) is 3.62. The number of hydrogen-bond donors (Lipinski definition) is 1. The molecule has 1 N–H and O–H groups in total. The third-order valence-corrected chi connectivity index (χ3v) is 4.72. The van der Waals surface area contributed by atoms with E-state index in [4.69, 9.17) is 9.72 Å². The molecule has 0 saturated carbocycles. The molecule has 1 aliphatic heterocycles. The Bertz CT molecular complexity index is 702. The van der Waals surface area contributed by atoms with Crippen molar-refractivity contribution in [2.75, 3.05) is 32.1 Å². The summed E-state index contributed by atoms with van der Waals surface area (Å²) in [6.45, 7) is 2.35. The van der Waals surface area contributed by atoms with Crippen LogP contribution in [0.15, 0.2) is 30.6 Å². The zero-order valence-electron chi connectivity index (χ0n) is 14.8. The van der Waals surface area contributed by atoms with Gasteiger partial charge in [0.2, 0.25) is 0 Å². The molecule has 0 spiro atoms. The Balaban J connectivity index is 1.82. The molecule has 1 atom stereocenters. The van der Waals surface area contributed by atoms with Gasteiger partial charge in [0.15, 0.2) is 0 Å². The smallest absolute Gasteiger partial charge is 0.147 e. The number of methoxy groups -OCH3 is 1. The van der Waals surface area contributed by atoms with Crippen molar-refractivity contribution in [3.8, 4) is 11.3 Å². The molecule has 0 radical (unpaired) electrons. The van der Waals surface area contributed by atoms with E-state index in [1.807, 2.05) is 6.07 Å². The molecule has 1 unspecified atom stereocenters. The molecule has 2 aromatic rings. The fraction of sp³-hybridized carbons (Fsp3) is 0.474. The lowest BCUT2D eigenvalue weighted by Gasteiger charge is -2.28. The molecule has 1 aromatic heterocycles. The molecule has 25 heavy (non-hydrogen) atoms. The number of rotatable bonds is 5. The van der Waals surface area contributed by atoms with E-state index in [1.165, 1.54) is 6.07 Å². The largest absolute Gasteiger partial charge is 0.380 e.